The van der Waals surface area contributed by atoms with E-state index in [9.17, 15) is 4.39 Å². The predicted octanol–water partition coefficient (Wildman–Crippen LogP) is 2.15. The zero-order valence-corrected chi connectivity index (χ0v) is 7.98. The molecule has 0 aromatic carbocycles. The number of methoxy groups -OCH3 is 1. The van der Waals surface area contributed by atoms with Crippen molar-refractivity contribution in [3.05, 3.63) is 17.0 Å². The highest BCUT2D eigenvalue weighted by atomic mass is 32.1. The van der Waals surface area contributed by atoms with Gasteiger partial charge in [-0.3, -0.25) is 0 Å². The van der Waals surface area contributed by atoms with Crippen LogP contribution in [-0.2, 0) is 0 Å². The molecule has 2 rings (SSSR count). The minimum Gasteiger partial charge on any atom is -0.480 e. The normalized spacial score (nSPS) is 10.7. The molecule has 0 aliphatic carbocycles. The van der Waals surface area contributed by atoms with Crippen molar-refractivity contribution in [2.24, 2.45) is 0 Å². The number of ether oxygens (including phenoxy) is 1. The summed E-state index contributed by atoms with van der Waals surface area (Å²) in [5.41, 5.74) is 0. The van der Waals surface area contributed by atoms with E-state index in [1.807, 2.05) is 0 Å². The van der Waals surface area contributed by atoms with Gasteiger partial charge in [0.05, 0.1) is 12.5 Å². The van der Waals surface area contributed by atoms with Crippen LogP contribution >= 0.6 is 11.3 Å². The standard InChI is InChI=1S/C8H7FN2OS/c1-4-10-7(12-2)5-3-6(9)13-8(5)11-4/h3H,1-2H3. The van der Waals surface area contributed by atoms with Gasteiger partial charge in [0.25, 0.3) is 0 Å². The topological polar surface area (TPSA) is 35.0 Å². The molecule has 0 N–H and O–H groups in total. The lowest BCUT2D eigenvalue weighted by Gasteiger charge is -1.99. The van der Waals surface area contributed by atoms with Crippen molar-refractivity contribution in [2.45, 2.75) is 6.92 Å². The monoisotopic (exact) mass is 198 g/mol. The van der Waals surface area contributed by atoms with E-state index in [4.69, 9.17) is 4.74 Å². The van der Waals surface area contributed by atoms with Gasteiger partial charge in [0.1, 0.15) is 10.7 Å². The van der Waals surface area contributed by atoms with Crippen LogP contribution in [0.3, 0.4) is 0 Å². The third-order valence-electron chi connectivity index (χ3n) is 1.63. The zero-order valence-electron chi connectivity index (χ0n) is 7.17. The Bertz CT molecular complexity index is 455. The van der Waals surface area contributed by atoms with E-state index in [1.54, 1.807) is 6.92 Å². The number of thiophene rings is 1. The van der Waals surface area contributed by atoms with E-state index in [-0.39, 0.29) is 5.13 Å². The molecule has 0 saturated heterocycles. The average molecular weight is 198 g/mol. The summed E-state index contributed by atoms with van der Waals surface area (Å²) in [7, 11) is 1.51. The van der Waals surface area contributed by atoms with Crippen LogP contribution in [0.25, 0.3) is 10.2 Å². The molecule has 0 bridgehead atoms. The summed E-state index contributed by atoms with van der Waals surface area (Å²) in [6, 6.07) is 1.39. The van der Waals surface area contributed by atoms with Crippen molar-refractivity contribution in [1.29, 1.82) is 0 Å². The lowest BCUT2D eigenvalue weighted by atomic mass is 10.4. The molecule has 3 nitrogen and oxygen atoms in total. The van der Waals surface area contributed by atoms with E-state index < -0.39 is 0 Å². The van der Waals surface area contributed by atoms with Crippen LogP contribution in [0.4, 0.5) is 4.39 Å². The molecule has 13 heavy (non-hydrogen) atoms. The van der Waals surface area contributed by atoms with Gasteiger partial charge in [-0.15, -0.1) is 0 Å². The number of hydrogen-bond donors (Lipinski definition) is 0. The van der Waals surface area contributed by atoms with E-state index >= 15 is 0 Å². The van der Waals surface area contributed by atoms with Gasteiger partial charge in [0, 0.05) is 6.07 Å². The van der Waals surface area contributed by atoms with E-state index in [0.29, 0.717) is 21.9 Å². The highest BCUT2D eigenvalue weighted by Gasteiger charge is 2.09. The molecular weight excluding hydrogens is 191 g/mol. The second-order valence-electron chi connectivity index (χ2n) is 2.55. The molecule has 0 aliphatic rings. The molecule has 0 radical (unpaired) electrons. The fourth-order valence-corrected chi connectivity index (χ4v) is 1.92. The Morgan fingerprint density at radius 1 is 1.46 bits per heavy atom. The summed E-state index contributed by atoms with van der Waals surface area (Å²) in [6.07, 6.45) is 0. The van der Waals surface area contributed by atoms with Crippen LogP contribution in [0.15, 0.2) is 6.07 Å². The van der Waals surface area contributed by atoms with Crippen molar-refractivity contribution >= 4 is 21.6 Å². The molecule has 5 heteroatoms. The van der Waals surface area contributed by atoms with Crippen LogP contribution in [0, 0.1) is 12.1 Å². The largest absolute Gasteiger partial charge is 0.480 e. The zero-order chi connectivity index (χ0) is 9.42. The van der Waals surface area contributed by atoms with Gasteiger partial charge in [-0.2, -0.15) is 9.37 Å². The second-order valence-corrected chi connectivity index (χ2v) is 3.53. The molecular formula is C8H7FN2OS. The summed E-state index contributed by atoms with van der Waals surface area (Å²) in [6.45, 7) is 1.75. The predicted molar refractivity (Wildman–Crippen MR) is 48.7 cm³/mol. The van der Waals surface area contributed by atoms with E-state index in [2.05, 4.69) is 9.97 Å². The smallest absolute Gasteiger partial charge is 0.225 e. The SMILES string of the molecule is COc1nc(C)nc2sc(F)cc12. The summed E-state index contributed by atoms with van der Waals surface area (Å²) in [4.78, 5) is 8.76. The first kappa shape index (κ1) is 8.37. The summed E-state index contributed by atoms with van der Waals surface area (Å²) in [5, 5.41) is 0.365. The van der Waals surface area contributed by atoms with Gasteiger partial charge in [-0.05, 0) is 6.92 Å². The lowest BCUT2D eigenvalue weighted by Crippen LogP contribution is -1.92. The van der Waals surface area contributed by atoms with Crippen LogP contribution < -0.4 is 4.74 Å². The highest BCUT2D eigenvalue weighted by Crippen LogP contribution is 2.28. The molecule has 0 aliphatic heterocycles. The van der Waals surface area contributed by atoms with Gasteiger partial charge in [-0.1, -0.05) is 11.3 Å². The maximum Gasteiger partial charge on any atom is 0.225 e. The molecule has 0 spiro atoms. The van der Waals surface area contributed by atoms with Gasteiger partial charge < -0.3 is 4.74 Å². The summed E-state index contributed by atoms with van der Waals surface area (Å²) < 4.78 is 17.9. The maximum absolute atomic E-state index is 12.9. The average Bonchev–Trinajstić information content (AvgIpc) is 2.43. The minimum absolute atomic E-state index is 0.270. The van der Waals surface area contributed by atoms with Crippen LogP contribution in [0.2, 0.25) is 0 Å². The Labute approximate surface area is 78.2 Å². The summed E-state index contributed by atoms with van der Waals surface area (Å²) in [5.74, 6) is 1.02. The number of fused-ring (bicyclic) bond motifs is 1. The van der Waals surface area contributed by atoms with Crippen molar-refractivity contribution < 1.29 is 9.13 Å². The fourth-order valence-electron chi connectivity index (χ4n) is 1.12. The third kappa shape index (κ3) is 1.35. The molecule has 2 aromatic heterocycles. The Hall–Kier alpha value is -1.23. The van der Waals surface area contributed by atoms with Crippen molar-refractivity contribution in [3.63, 3.8) is 0 Å². The number of aromatic nitrogens is 2. The van der Waals surface area contributed by atoms with E-state index in [0.717, 1.165) is 11.3 Å². The molecule has 2 aromatic rings. The lowest BCUT2D eigenvalue weighted by molar-refractivity contribution is 0.401. The van der Waals surface area contributed by atoms with Crippen LogP contribution in [-0.4, -0.2) is 17.1 Å². The van der Waals surface area contributed by atoms with Crippen molar-refractivity contribution in [3.8, 4) is 5.88 Å². The third-order valence-corrected chi connectivity index (χ3v) is 2.45. The van der Waals surface area contributed by atoms with Gasteiger partial charge in [-0.25, -0.2) is 4.98 Å². The highest BCUT2D eigenvalue weighted by molar-refractivity contribution is 7.17. The fraction of sp³-hybridized carbons (Fsp3) is 0.250. The van der Waals surface area contributed by atoms with Crippen molar-refractivity contribution in [1.82, 2.24) is 9.97 Å². The van der Waals surface area contributed by atoms with Gasteiger partial charge >= 0.3 is 0 Å². The van der Waals surface area contributed by atoms with Gasteiger partial charge in [0.15, 0.2) is 5.13 Å². The van der Waals surface area contributed by atoms with Gasteiger partial charge in [0.2, 0.25) is 5.88 Å². The molecule has 68 valence electrons. The second kappa shape index (κ2) is 2.92. The number of aryl methyl sites for hydroxylation is 1. The quantitative estimate of drug-likeness (QED) is 0.704. The Kier molecular flexibility index (Phi) is 1.88. The molecule has 2 heterocycles. The first-order chi connectivity index (χ1) is 6.20. The first-order valence-electron chi connectivity index (χ1n) is 3.68. The number of hydrogen-bond acceptors (Lipinski definition) is 4. The molecule has 0 unspecified atom stereocenters. The summed E-state index contributed by atoms with van der Waals surface area (Å²) >= 11 is 0.998. The van der Waals surface area contributed by atoms with Crippen LogP contribution in [0.5, 0.6) is 5.88 Å². The van der Waals surface area contributed by atoms with Crippen LogP contribution in [0.1, 0.15) is 5.82 Å². The minimum atomic E-state index is -0.270. The molecule has 0 amide bonds. The molecule has 0 saturated carbocycles. The van der Waals surface area contributed by atoms with Crippen molar-refractivity contribution in [2.75, 3.05) is 7.11 Å². The Morgan fingerprint density at radius 2 is 2.23 bits per heavy atom. The Morgan fingerprint density at radius 3 is 2.92 bits per heavy atom. The first-order valence-corrected chi connectivity index (χ1v) is 4.50. The number of nitrogens with zero attached hydrogens (tertiary/aromatic N) is 2. The maximum atomic E-state index is 12.9. The number of rotatable bonds is 1. The number of halogens is 1. The molecule has 0 atom stereocenters. The molecule has 0 fully saturated rings. The Balaban J connectivity index is 2.80. The van der Waals surface area contributed by atoms with E-state index in [1.165, 1.54) is 13.2 Å².